The Labute approximate surface area is 188 Å². The number of esters is 1. The quantitative estimate of drug-likeness (QED) is 0.328. The minimum absolute atomic E-state index is 0.0153. The SMILES string of the molecule is CCNc1ccc(C(CC(=O)OCc2ccccc2)c2ccc(C)c(CO)c2)c(F)c1N. The second-order valence-electron chi connectivity index (χ2n) is 7.71. The van der Waals surface area contributed by atoms with E-state index >= 15 is 4.39 Å². The van der Waals surface area contributed by atoms with E-state index in [-0.39, 0.29) is 25.3 Å². The first-order valence-corrected chi connectivity index (χ1v) is 10.7. The Morgan fingerprint density at radius 1 is 1.16 bits per heavy atom. The van der Waals surface area contributed by atoms with Crippen LogP contribution in [0.25, 0.3) is 0 Å². The maximum Gasteiger partial charge on any atom is 0.307 e. The van der Waals surface area contributed by atoms with Crippen LogP contribution in [-0.4, -0.2) is 17.6 Å². The van der Waals surface area contributed by atoms with Gasteiger partial charge in [0.05, 0.1) is 24.4 Å². The first-order valence-electron chi connectivity index (χ1n) is 10.7. The maximum atomic E-state index is 15.3. The first-order chi connectivity index (χ1) is 15.4. The highest BCUT2D eigenvalue weighted by molar-refractivity contribution is 5.73. The summed E-state index contributed by atoms with van der Waals surface area (Å²) in [5, 5.41) is 12.7. The highest BCUT2D eigenvalue weighted by Crippen LogP contribution is 2.36. The zero-order chi connectivity index (χ0) is 23.1. The molecule has 0 aliphatic carbocycles. The number of carbonyl (C=O) groups is 1. The smallest absolute Gasteiger partial charge is 0.307 e. The molecule has 0 saturated carbocycles. The molecule has 1 atom stereocenters. The molecule has 0 spiro atoms. The Morgan fingerprint density at radius 3 is 2.59 bits per heavy atom. The Bertz CT molecular complexity index is 1070. The van der Waals surface area contributed by atoms with Crippen LogP contribution in [0.1, 0.15) is 47.1 Å². The monoisotopic (exact) mass is 436 g/mol. The molecule has 0 heterocycles. The number of benzene rings is 3. The Balaban J connectivity index is 1.93. The molecular weight excluding hydrogens is 407 g/mol. The van der Waals surface area contributed by atoms with Gasteiger partial charge in [0.1, 0.15) is 6.61 Å². The van der Waals surface area contributed by atoms with Gasteiger partial charge in [-0.3, -0.25) is 4.79 Å². The number of carbonyl (C=O) groups excluding carboxylic acids is 1. The number of hydrogen-bond acceptors (Lipinski definition) is 5. The number of halogens is 1. The lowest BCUT2D eigenvalue weighted by Gasteiger charge is -2.21. The Hall–Kier alpha value is -3.38. The van der Waals surface area contributed by atoms with Crippen molar-refractivity contribution in [2.24, 2.45) is 0 Å². The topological polar surface area (TPSA) is 84.6 Å². The van der Waals surface area contributed by atoms with Crippen molar-refractivity contribution < 1.29 is 19.0 Å². The van der Waals surface area contributed by atoms with Crippen LogP contribution in [0.2, 0.25) is 0 Å². The second-order valence-corrected chi connectivity index (χ2v) is 7.71. The van der Waals surface area contributed by atoms with Crippen molar-refractivity contribution in [3.8, 4) is 0 Å². The summed E-state index contributed by atoms with van der Waals surface area (Å²) in [6, 6.07) is 18.3. The maximum absolute atomic E-state index is 15.3. The molecule has 0 bridgehead atoms. The number of hydrogen-bond donors (Lipinski definition) is 3. The van der Waals surface area contributed by atoms with Gasteiger partial charge in [-0.25, -0.2) is 4.39 Å². The number of anilines is 2. The third-order valence-electron chi connectivity index (χ3n) is 5.51. The van der Waals surface area contributed by atoms with Crippen LogP contribution in [0.3, 0.4) is 0 Å². The largest absolute Gasteiger partial charge is 0.461 e. The predicted molar refractivity (Wildman–Crippen MR) is 125 cm³/mol. The molecule has 168 valence electrons. The summed E-state index contributed by atoms with van der Waals surface area (Å²) < 4.78 is 20.8. The van der Waals surface area contributed by atoms with Crippen LogP contribution in [0.5, 0.6) is 0 Å². The van der Waals surface area contributed by atoms with E-state index < -0.39 is 17.7 Å². The molecule has 0 aliphatic heterocycles. The number of nitrogens with one attached hydrogen (secondary N) is 1. The van der Waals surface area contributed by atoms with E-state index in [2.05, 4.69) is 5.32 Å². The fraction of sp³-hybridized carbons (Fsp3) is 0.269. The second kappa shape index (κ2) is 10.8. The number of ether oxygens (including phenoxy) is 1. The van der Waals surface area contributed by atoms with E-state index in [4.69, 9.17) is 10.5 Å². The molecule has 0 fully saturated rings. The average molecular weight is 437 g/mol. The summed E-state index contributed by atoms with van der Waals surface area (Å²) in [4.78, 5) is 12.7. The standard InChI is InChI=1S/C26H29FN2O3/c1-3-29-23-12-11-21(25(27)26(23)28)22(19-10-9-17(2)20(13-19)15-30)14-24(31)32-16-18-7-5-4-6-8-18/h4-13,22,29-30H,3,14-16,28H2,1-2H3. The van der Waals surface area contributed by atoms with Gasteiger partial charge in [-0.1, -0.05) is 54.6 Å². The van der Waals surface area contributed by atoms with Crippen LogP contribution in [0.4, 0.5) is 15.8 Å². The van der Waals surface area contributed by atoms with E-state index in [1.807, 2.05) is 56.3 Å². The van der Waals surface area contributed by atoms with E-state index in [0.717, 1.165) is 16.7 Å². The van der Waals surface area contributed by atoms with Crippen molar-refractivity contribution in [2.45, 2.75) is 39.4 Å². The molecule has 3 aromatic rings. The van der Waals surface area contributed by atoms with Crippen LogP contribution in [0.15, 0.2) is 60.7 Å². The van der Waals surface area contributed by atoms with Gasteiger partial charge in [0, 0.05) is 12.5 Å². The molecule has 0 amide bonds. The zero-order valence-corrected chi connectivity index (χ0v) is 18.4. The molecule has 32 heavy (non-hydrogen) atoms. The normalized spacial score (nSPS) is 11.8. The molecule has 3 aromatic carbocycles. The Kier molecular flexibility index (Phi) is 7.84. The molecule has 6 heteroatoms. The molecular formula is C26H29FN2O3. The third-order valence-corrected chi connectivity index (χ3v) is 5.51. The summed E-state index contributed by atoms with van der Waals surface area (Å²) in [6.07, 6.45) is -0.0579. The van der Waals surface area contributed by atoms with Crippen molar-refractivity contribution in [3.63, 3.8) is 0 Å². The minimum atomic E-state index is -0.609. The number of aliphatic hydroxyl groups excluding tert-OH is 1. The number of aryl methyl sites for hydroxylation is 1. The van der Waals surface area contributed by atoms with Gasteiger partial charge in [0.2, 0.25) is 0 Å². The van der Waals surface area contributed by atoms with Crippen molar-refractivity contribution in [2.75, 3.05) is 17.6 Å². The van der Waals surface area contributed by atoms with Gasteiger partial charge in [-0.2, -0.15) is 0 Å². The number of rotatable bonds is 9. The number of nitrogens with two attached hydrogens (primary N) is 1. The average Bonchev–Trinajstić information content (AvgIpc) is 2.81. The van der Waals surface area contributed by atoms with Crippen LogP contribution < -0.4 is 11.1 Å². The molecule has 0 aliphatic rings. The molecule has 0 radical (unpaired) electrons. The van der Waals surface area contributed by atoms with Gasteiger partial charge in [-0.05, 0) is 47.7 Å². The summed E-state index contributed by atoms with van der Waals surface area (Å²) in [7, 11) is 0. The highest BCUT2D eigenvalue weighted by atomic mass is 19.1. The van der Waals surface area contributed by atoms with Crippen molar-refractivity contribution in [3.05, 3.63) is 94.3 Å². The molecule has 1 unspecified atom stereocenters. The first kappa shape index (κ1) is 23.3. The minimum Gasteiger partial charge on any atom is -0.461 e. The van der Waals surface area contributed by atoms with Crippen molar-refractivity contribution in [1.29, 1.82) is 0 Å². The van der Waals surface area contributed by atoms with E-state index in [1.165, 1.54) is 0 Å². The van der Waals surface area contributed by atoms with E-state index in [9.17, 15) is 9.90 Å². The molecule has 5 nitrogen and oxygen atoms in total. The van der Waals surface area contributed by atoms with Crippen LogP contribution >= 0.6 is 0 Å². The lowest BCUT2D eigenvalue weighted by Crippen LogP contribution is -2.15. The zero-order valence-electron chi connectivity index (χ0n) is 18.4. The summed E-state index contributed by atoms with van der Waals surface area (Å²) in [5.41, 5.74) is 10.1. The Morgan fingerprint density at radius 2 is 1.91 bits per heavy atom. The number of aliphatic hydroxyl groups is 1. The third kappa shape index (κ3) is 5.45. The summed E-state index contributed by atoms with van der Waals surface area (Å²) >= 11 is 0. The predicted octanol–water partition coefficient (Wildman–Crippen LogP) is 4.91. The molecule has 4 N–H and O–H groups in total. The summed E-state index contributed by atoms with van der Waals surface area (Å²) in [6.45, 7) is 4.40. The van der Waals surface area contributed by atoms with E-state index in [1.54, 1.807) is 18.2 Å². The molecule has 0 aromatic heterocycles. The lowest BCUT2D eigenvalue weighted by atomic mass is 9.86. The molecule has 0 saturated heterocycles. The fourth-order valence-electron chi connectivity index (χ4n) is 3.67. The molecule has 3 rings (SSSR count). The van der Waals surface area contributed by atoms with Crippen LogP contribution in [-0.2, 0) is 22.7 Å². The summed E-state index contributed by atoms with van der Waals surface area (Å²) in [5.74, 6) is -1.61. The highest BCUT2D eigenvalue weighted by Gasteiger charge is 2.25. The van der Waals surface area contributed by atoms with Gasteiger partial charge in [-0.15, -0.1) is 0 Å². The fourth-order valence-corrected chi connectivity index (χ4v) is 3.67. The van der Waals surface area contributed by atoms with Crippen molar-refractivity contribution in [1.82, 2.24) is 0 Å². The lowest BCUT2D eigenvalue weighted by molar-refractivity contribution is -0.145. The van der Waals surface area contributed by atoms with Crippen LogP contribution in [0, 0.1) is 12.7 Å². The van der Waals surface area contributed by atoms with Crippen molar-refractivity contribution >= 4 is 17.3 Å². The van der Waals surface area contributed by atoms with E-state index in [0.29, 0.717) is 23.4 Å². The van der Waals surface area contributed by atoms with Gasteiger partial charge < -0.3 is 20.9 Å². The van der Waals surface area contributed by atoms with Gasteiger partial charge in [0.15, 0.2) is 5.82 Å². The van der Waals surface area contributed by atoms with Gasteiger partial charge >= 0.3 is 5.97 Å². The number of nitrogen functional groups attached to an aromatic ring is 1. The van der Waals surface area contributed by atoms with Gasteiger partial charge in [0.25, 0.3) is 0 Å².